The van der Waals surface area contributed by atoms with Crippen LogP contribution in [0.1, 0.15) is 26.7 Å². The van der Waals surface area contributed by atoms with Gasteiger partial charge >= 0.3 is 6.01 Å². The van der Waals surface area contributed by atoms with Crippen LogP contribution in [0.4, 0.5) is 5.69 Å². The van der Waals surface area contributed by atoms with Gasteiger partial charge in [0, 0.05) is 5.92 Å². The zero-order chi connectivity index (χ0) is 13.5. The van der Waals surface area contributed by atoms with E-state index in [0.717, 1.165) is 12.8 Å². The van der Waals surface area contributed by atoms with Crippen molar-refractivity contribution >= 4 is 11.6 Å². The van der Waals surface area contributed by atoms with Gasteiger partial charge in [-0.2, -0.15) is 4.98 Å². The Morgan fingerprint density at radius 1 is 1.33 bits per heavy atom. The number of hydrogen-bond acceptors (Lipinski definition) is 5. The SMILES string of the molecule is CCC(CC)C(=O)Nc1cnc(OC)nc1OC. The fraction of sp³-hybridized carbons (Fsp3) is 0.583. The summed E-state index contributed by atoms with van der Waals surface area (Å²) in [6.07, 6.45) is 3.06. The summed E-state index contributed by atoms with van der Waals surface area (Å²) < 4.78 is 9.98. The van der Waals surface area contributed by atoms with Crippen molar-refractivity contribution in [3.8, 4) is 11.9 Å². The van der Waals surface area contributed by atoms with E-state index < -0.39 is 0 Å². The molecule has 1 N–H and O–H groups in total. The highest BCUT2D eigenvalue weighted by molar-refractivity contribution is 5.93. The molecule has 0 aromatic carbocycles. The Morgan fingerprint density at radius 3 is 2.50 bits per heavy atom. The second-order valence-electron chi connectivity index (χ2n) is 3.78. The van der Waals surface area contributed by atoms with Crippen LogP contribution in [-0.4, -0.2) is 30.1 Å². The van der Waals surface area contributed by atoms with Crippen molar-refractivity contribution in [1.82, 2.24) is 9.97 Å². The summed E-state index contributed by atoms with van der Waals surface area (Å²) in [7, 11) is 2.95. The quantitative estimate of drug-likeness (QED) is 0.837. The standard InChI is InChI=1S/C12H19N3O3/c1-5-8(6-2)10(16)14-9-7-13-12(18-4)15-11(9)17-3/h7-8H,5-6H2,1-4H3,(H,14,16). The summed E-state index contributed by atoms with van der Waals surface area (Å²) in [6, 6.07) is 0.201. The third-order valence-corrected chi connectivity index (χ3v) is 2.72. The zero-order valence-corrected chi connectivity index (χ0v) is 11.2. The van der Waals surface area contributed by atoms with Gasteiger partial charge in [0.2, 0.25) is 11.8 Å². The Hall–Kier alpha value is -1.85. The molecule has 0 saturated heterocycles. The number of nitrogens with zero attached hydrogens (tertiary/aromatic N) is 2. The molecule has 0 aliphatic rings. The van der Waals surface area contributed by atoms with E-state index in [9.17, 15) is 4.79 Å². The number of methoxy groups -OCH3 is 2. The Balaban J connectivity index is 2.86. The van der Waals surface area contributed by atoms with Gasteiger partial charge in [-0.1, -0.05) is 13.8 Å². The summed E-state index contributed by atoms with van der Waals surface area (Å²) in [4.78, 5) is 19.9. The molecule has 0 atom stereocenters. The van der Waals surface area contributed by atoms with E-state index in [4.69, 9.17) is 9.47 Å². The molecule has 0 aliphatic heterocycles. The molecule has 6 heteroatoms. The number of rotatable bonds is 6. The molecule has 0 aliphatic carbocycles. The highest BCUT2D eigenvalue weighted by atomic mass is 16.5. The van der Waals surface area contributed by atoms with E-state index in [1.54, 1.807) is 0 Å². The van der Waals surface area contributed by atoms with Gasteiger partial charge in [0.25, 0.3) is 0 Å². The van der Waals surface area contributed by atoms with Gasteiger partial charge in [-0.15, -0.1) is 0 Å². The molecular weight excluding hydrogens is 234 g/mol. The van der Waals surface area contributed by atoms with Crippen LogP contribution in [0.5, 0.6) is 11.9 Å². The van der Waals surface area contributed by atoms with Crippen molar-refractivity contribution in [3.05, 3.63) is 6.20 Å². The number of amides is 1. The first-order chi connectivity index (χ1) is 8.65. The second-order valence-corrected chi connectivity index (χ2v) is 3.78. The molecule has 1 aromatic rings. The van der Waals surface area contributed by atoms with Crippen molar-refractivity contribution in [2.45, 2.75) is 26.7 Å². The lowest BCUT2D eigenvalue weighted by molar-refractivity contribution is -0.120. The van der Waals surface area contributed by atoms with Crippen LogP contribution in [-0.2, 0) is 4.79 Å². The number of anilines is 1. The molecule has 18 heavy (non-hydrogen) atoms. The van der Waals surface area contributed by atoms with Crippen molar-refractivity contribution in [2.75, 3.05) is 19.5 Å². The average Bonchev–Trinajstić information content (AvgIpc) is 2.40. The van der Waals surface area contributed by atoms with E-state index in [0.29, 0.717) is 11.6 Å². The Bertz CT molecular complexity index is 406. The van der Waals surface area contributed by atoms with Crippen LogP contribution in [0.3, 0.4) is 0 Å². The molecule has 1 aromatic heterocycles. The molecule has 0 unspecified atom stereocenters. The zero-order valence-electron chi connectivity index (χ0n) is 11.2. The number of hydrogen-bond donors (Lipinski definition) is 1. The van der Waals surface area contributed by atoms with E-state index in [-0.39, 0.29) is 17.8 Å². The Labute approximate surface area is 107 Å². The number of carbonyl (C=O) groups excluding carboxylic acids is 1. The van der Waals surface area contributed by atoms with E-state index >= 15 is 0 Å². The van der Waals surface area contributed by atoms with E-state index in [1.165, 1.54) is 20.4 Å². The highest BCUT2D eigenvalue weighted by Gasteiger charge is 2.17. The van der Waals surface area contributed by atoms with E-state index in [1.807, 2.05) is 13.8 Å². The first-order valence-electron chi connectivity index (χ1n) is 5.92. The van der Waals surface area contributed by atoms with Gasteiger partial charge in [0.1, 0.15) is 5.69 Å². The lowest BCUT2D eigenvalue weighted by Crippen LogP contribution is -2.22. The molecule has 0 spiro atoms. The summed E-state index contributed by atoms with van der Waals surface area (Å²) in [5, 5.41) is 2.77. The second kappa shape index (κ2) is 6.78. The summed E-state index contributed by atoms with van der Waals surface area (Å²) in [5.41, 5.74) is 0.454. The largest absolute Gasteiger partial charge is 0.479 e. The monoisotopic (exact) mass is 253 g/mol. The predicted molar refractivity (Wildman–Crippen MR) is 67.8 cm³/mol. The van der Waals surface area contributed by atoms with Crippen LogP contribution in [0.2, 0.25) is 0 Å². The van der Waals surface area contributed by atoms with Crippen molar-refractivity contribution in [2.24, 2.45) is 5.92 Å². The van der Waals surface area contributed by atoms with Gasteiger partial charge < -0.3 is 14.8 Å². The summed E-state index contributed by atoms with van der Waals surface area (Å²) >= 11 is 0. The van der Waals surface area contributed by atoms with Gasteiger partial charge in [0.15, 0.2) is 0 Å². The minimum Gasteiger partial charge on any atom is -0.479 e. The van der Waals surface area contributed by atoms with Crippen molar-refractivity contribution < 1.29 is 14.3 Å². The molecule has 1 amide bonds. The Kier molecular flexibility index (Phi) is 5.35. The third-order valence-electron chi connectivity index (χ3n) is 2.72. The molecule has 0 radical (unpaired) electrons. The smallest absolute Gasteiger partial charge is 0.319 e. The van der Waals surface area contributed by atoms with Crippen molar-refractivity contribution in [3.63, 3.8) is 0 Å². The molecule has 100 valence electrons. The number of carbonyl (C=O) groups is 1. The molecule has 0 saturated carbocycles. The van der Waals surface area contributed by atoms with Crippen LogP contribution in [0.15, 0.2) is 6.20 Å². The number of nitrogens with one attached hydrogen (secondary N) is 1. The van der Waals surface area contributed by atoms with Crippen molar-refractivity contribution in [1.29, 1.82) is 0 Å². The fourth-order valence-corrected chi connectivity index (χ4v) is 1.58. The normalized spacial score (nSPS) is 10.3. The van der Waals surface area contributed by atoms with Gasteiger partial charge in [-0.25, -0.2) is 4.98 Å². The lowest BCUT2D eigenvalue weighted by Gasteiger charge is -2.14. The Morgan fingerprint density at radius 2 is 2.00 bits per heavy atom. The number of aromatic nitrogens is 2. The first kappa shape index (κ1) is 14.2. The maximum atomic E-state index is 11.9. The third kappa shape index (κ3) is 3.32. The van der Waals surface area contributed by atoms with Crippen LogP contribution >= 0.6 is 0 Å². The topological polar surface area (TPSA) is 73.3 Å². The molecular formula is C12H19N3O3. The first-order valence-corrected chi connectivity index (χ1v) is 5.92. The lowest BCUT2D eigenvalue weighted by atomic mass is 10.0. The van der Waals surface area contributed by atoms with Crippen LogP contribution < -0.4 is 14.8 Å². The molecule has 0 fully saturated rings. The maximum absolute atomic E-state index is 11.9. The van der Waals surface area contributed by atoms with Crippen LogP contribution in [0.25, 0.3) is 0 Å². The van der Waals surface area contributed by atoms with Crippen LogP contribution in [0, 0.1) is 5.92 Å². The fourth-order valence-electron chi connectivity index (χ4n) is 1.58. The van der Waals surface area contributed by atoms with Gasteiger partial charge in [-0.3, -0.25) is 4.79 Å². The predicted octanol–water partition coefficient (Wildman–Crippen LogP) is 1.87. The molecule has 6 nitrogen and oxygen atoms in total. The van der Waals surface area contributed by atoms with Gasteiger partial charge in [-0.05, 0) is 12.8 Å². The highest BCUT2D eigenvalue weighted by Crippen LogP contribution is 2.23. The number of ether oxygens (including phenoxy) is 2. The maximum Gasteiger partial charge on any atom is 0.319 e. The minimum atomic E-state index is -0.0490. The minimum absolute atomic E-state index is 0.0168. The molecule has 0 bridgehead atoms. The average molecular weight is 253 g/mol. The van der Waals surface area contributed by atoms with E-state index in [2.05, 4.69) is 15.3 Å². The summed E-state index contributed by atoms with van der Waals surface area (Å²) in [5.74, 6) is 0.227. The summed E-state index contributed by atoms with van der Waals surface area (Å²) in [6.45, 7) is 3.96. The molecule has 1 rings (SSSR count). The van der Waals surface area contributed by atoms with Gasteiger partial charge in [0.05, 0.1) is 20.4 Å². The molecule has 1 heterocycles.